The van der Waals surface area contributed by atoms with Crippen molar-refractivity contribution >= 4 is 17.0 Å². The van der Waals surface area contributed by atoms with E-state index in [1.165, 1.54) is 19.3 Å². The van der Waals surface area contributed by atoms with Gasteiger partial charge in [0, 0.05) is 17.0 Å². The molecule has 1 aliphatic rings. The van der Waals surface area contributed by atoms with E-state index in [4.69, 9.17) is 4.42 Å². The first kappa shape index (κ1) is 14.1. The van der Waals surface area contributed by atoms with Gasteiger partial charge in [-0.15, -0.1) is 0 Å². The second kappa shape index (κ2) is 5.88. The standard InChI is InChI=1S/C19H22O2/c1-3-8-14-11-7-12-16-17(20)13(2)18(21-19(14)16)15-9-5-4-6-10-15/h3,7-8,11-12,15H,4-6,9-10H2,1-2H3/b8-3+. The molecule has 0 amide bonds. The number of hydrogen-bond donors (Lipinski definition) is 0. The Morgan fingerprint density at radius 3 is 2.67 bits per heavy atom. The average molecular weight is 282 g/mol. The fraction of sp³-hybridized carbons (Fsp3) is 0.421. The van der Waals surface area contributed by atoms with Gasteiger partial charge in [-0.2, -0.15) is 0 Å². The van der Waals surface area contributed by atoms with E-state index in [1.807, 2.05) is 44.2 Å². The lowest BCUT2D eigenvalue weighted by atomic mass is 9.85. The Morgan fingerprint density at radius 2 is 1.95 bits per heavy atom. The Labute approximate surface area is 125 Å². The Kier molecular flexibility index (Phi) is 3.96. The predicted octanol–water partition coefficient (Wildman–Crippen LogP) is 5.18. The summed E-state index contributed by atoms with van der Waals surface area (Å²) in [6.07, 6.45) is 10.0. The summed E-state index contributed by atoms with van der Waals surface area (Å²) in [5.74, 6) is 1.33. The lowest BCUT2D eigenvalue weighted by molar-refractivity contribution is 0.377. The zero-order valence-electron chi connectivity index (χ0n) is 12.8. The third-order valence-corrected chi connectivity index (χ3v) is 4.53. The van der Waals surface area contributed by atoms with Gasteiger partial charge in [0.05, 0.1) is 5.39 Å². The van der Waals surface area contributed by atoms with Crippen molar-refractivity contribution in [2.75, 3.05) is 0 Å². The Balaban J connectivity index is 2.23. The van der Waals surface area contributed by atoms with Gasteiger partial charge in [-0.1, -0.05) is 43.5 Å². The third kappa shape index (κ3) is 2.55. The van der Waals surface area contributed by atoms with E-state index in [0.717, 1.165) is 35.3 Å². The molecule has 1 aromatic carbocycles. The van der Waals surface area contributed by atoms with Gasteiger partial charge in [-0.25, -0.2) is 0 Å². The minimum atomic E-state index is 0.128. The molecule has 0 bridgehead atoms. The summed E-state index contributed by atoms with van der Waals surface area (Å²) in [5.41, 5.74) is 2.66. The number of rotatable bonds is 2. The van der Waals surface area contributed by atoms with Crippen molar-refractivity contribution < 1.29 is 4.42 Å². The van der Waals surface area contributed by atoms with Crippen LogP contribution < -0.4 is 5.43 Å². The summed E-state index contributed by atoms with van der Waals surface area (Å²) < 4.78 is 6.25. The van der Waals surface area contributed by atoms with Crippen molar-refractivity contribution in [2.24, 2.45) is 0 Å². The molecule has 2 nitrogen and oxygen atoms in total. The van der Waals surface area contributed by atoms with Crippen LogP contribution in [0.4, 0.5) is 0 Å². The summed E-state index contributed by atoms with van der Waals surface area (Å²) in [5, 5.41) is 0.697. The van der Waals surface area contributed by atoms with E-state index in [1.54, 1.807) is 0 Å². The SMILES string of the molecule is C/C=C/c1cccc2c(=O)c(C)c(C3CCCCC3)oc12. The molecule has 3 rings (SSSR count). The van der Waals surface area contributed by atoms with Crippen LogP contribution >= 0.6 is 0 Å². The molecule has 0 radical (unpaired) electrons. The maximum Gasteiger partial charge on any atom is 0.195 e. The number of benzene rings is 1. The van der Waals surface area contributed by atoms with Crippen LogP contribution in [-0.2, 0) is 0 Å². The highest BCUT2D eigenvalue weighted by atomic mass is 16.3. The fourth-order valence-electron chi connectivity index (χ4n) is 3.41. The van der Waals surface area contributed by atoms with Gasteiger partial charge in [0.25, 0.3) is 0 Å². The summed E-state index contributed by atoms with van der Waals surface area (Å²) >= 11 is 0. The van der Waals surface area contributed by atoms with Gasteiger partial charge in [0.1, 0.15) is 11.3 Å². The molecule has 0 aliphatic heterocycles. The quantitative estimate of drug-likeness (QED) is 0.759. The number of allylic oxidation sites excluding steroid dienone is 1. The normalized spacial score (nSPS) is 16.9. The van der Waals surface area contributed by atoms with Gasteiger partial charge in [-0.3, -0.25) is 4.79 Å². The first-order valence-corrected chi connectivity index (χ1v) is 7.91. The zero-order chi connectivity index (χ0) is 14.8. The molecule has 1 aliphatic carbocycles. The second-order valence-electron chi connectivity index (χ2n) is 5.98. The minimum absolute atomic E-state index is 0.128. The highest BCUT2D eigenvalue weighted by molar-refractivity contribution is 5.85. The highest BCUT2D eigenvalue weighted by Gasteiger charge is 2.22. The van der Waals surface area contributed by atoms with Gasteiger partial charge < -0.3 is 4.42 Å². The van der Waals surface area contributed by atoms with E-state index in [2.05, 4.69) is 0 Å². The number of para-hydroxylation sites is 1. The van der Waals surface area contributed by atoms with E-state index < -0.39 is 0 Å². The van der Waals surface area contributed by atoms with Gasteiger partial charge in [0.15, 0.2) is 5.43 Å². The molecule has 0 unspecified atom stereocenters. The molecule has 0 atom stereocenters. The summed E-state index contributed by atoms with van der Waals surface area (Å²) in [6.45, 7) is 3.89. The Bertz CT molecular complexity index is 731. The summed E-state index contributed by atoms with van der Waals surface area (Å²) in [4.78, 5) is 12.7. The van der Waals surface area contributed by atoms with Crippen molar-refractivity contribution in [1.29, 1.82) is 0 Å². The van der Waals surface area contributed by atoms with Crippen LogP contribution in [0, 0.1) is 6.92 Å². The van der Waals surface area contributed by atoms with E-state index in [-0.39, 0.29) is 5.43 Å². The van der Waals surface area contributed by atoms with Crippen LogP contribution in [0.3, 0.4) is 0 Å². The van der Waals surface area contributed by atoms with Crippen molar-refractivity contribution in [2.45, 2.75) is 51.9 Å². The van der Waals surface area contributed by atoms with Crippen molar-refractivity contribution in [3.05, 3.63) is 51.4 Å². The van der Waals surface area contributed by atoms with Crippen molar-refractivity contribution in [1.82, 2.24) is 0 Å². The van der Waals surface area contributed by atoms with Crippen LogP contribution in [0.1, 0.15) is 61.8 Å². The van der Waals surface area contributed by atoms with Gasteiger partial charge in [0.2, 0.25) is 0 Å². The first-order chi connectivity index (χ1) is 10.2. The third-order valence-electron chi connectivity index (χ3n) is 4.53. The molecule has 2 heteroatoms. The second-order valence-corrected chi connectivity index (χ2v) is 5.98. The van der Waals surface area contributed by atoms with Gasteiger partial charge >= 0.3 is 0 Å². The molecule has 110 valence electrons. The molecule has 0 saturated heterocycles. The van der Waals surface area contributed by atoms with E-state index in [9.17, 15) is 4.79 Å². The Morgan fingerprint density at radius 1 is 1.19 bits per heavy atom. The average Bonchev–Trinajstić information content (AvgIpc) is 2.52. The zero-order valence-corrected chi connectivity index (χ0v) is 12.8. The number of hydrogen-bond acceptors (Lipinski definition) is 2. The van der Waals surface area contributed by atoms with Crippen LogP contribution in [0.15, 0.2) is 33.5 Å². The van der Waals surface area contributed by atoms with E-state index >= 15 is 0 Å². The lowest BCUT2D eigenvalue weighted by Gasteiger charge is -2.22. The highest BCUT2D eigenvalue weighted by Crippen LogP contribution is 2.35. The van der Waals surface area contributed by atoms with Gasteiger partial charge in [-0.05, 0) is 32.8 Å². The molecule has 2 aromatic rings. The van der Waals surface area contributed by atoms with Crippen molar-refractivity contribution in [3.63, 3.8) is 0 Å². The molecular weight excluding hydrogens is 260 g/mol. The lowest BCUT2D eigenvalue weighted by Crippen LogP contribution is -2.14. The van der Waals surface area contributed by atoms with Crippen molar-refractivity contribution in [3.8, 4) is 0 Å². The fourth-order valence-corrected chi connectivity index (χ4v) is 3.41. The van der Waals surface area contributed by atoms with E-state index in [0.29, 0.717) is 11.3 Å². The monoisotopic (exact) mass is 282 g/mol. The maximum atomic E-state index is 12.7. The smallest absolute Gasteiger partial charge is 0.195 e. The molecule has 1 fully saturated rings. The molecule has 1 heterocycles. The Hall–Kier alpha value is -1.83. The van der Waals surface area contributed by atoms with Crippen LogP contribution in [-0.4, -0.2) is 0 Å². The van der Waals surface area contributed by atoms with Crippen LogP contribution in [0.5, 0.6) is 0 Å². The minimum Gasteiger partial charge on any atom is -0.460 e. The van der Waals surface area contributed by atoms with Crippen LogP contribution in [0.25, 0.3) is 17.0 Å². The maximum absolute atomic E-state index is 12.7. The first-order valence-electron chi connectivity index (χ1n) is 7.91. The topological polar surface area (TPSA) is 30.2 Å². The molecular formula is C19H22O2. The molecule has 1 saturated carbocycles. The van der Waals surface area contributed by atoms with Crippen LogP contribution in [0.2, 0.25) is 0 Å². The predicted molar refractivity (Wildman–Crippen MR) is 87.8 cm³/mol. The molecule has 21 heavy (non-hydrogen) atoms. The number of fused-ring (bicyclic) bond motifs is 1. The molecule has 0 spiro atoms. The summed E-state index contributed by atoms with van der Waals surface area (Å²) in [7, 11) is 0. The molecule has 0 N–H and O–H groups in total. The largest absolute Gasteiger partial charge is 0.460 e. The summed E-state index contributed by atoms with van der Waals surface area (Å²) in [6, 6.07) is 5.80. The molecule has 1 aromatic heterocycles.